The Labute approximate surface area is 134 Å². The zero-order valence-electron chi connectivity index (χ0n) is 13.4. The van der Waals surface area contributed by atoms with Crippen molar-refractivity contribution >= 4 is 17.5 Å². The van der Waals surface area contributed by atoms with Crippen LogP contribution < -0.4 is 10.6 Å². The summed E-state index contributed by atoms with van der Waals surface area (Å²) in [6.07, 6.45) is 7.29. The van der Waals surface area contributed by atoms with Crippen LogP contribution in [0.3, 0.4) is 0 Å². The summed E-state index contributed by atoms with van der Waals surface area (Å²) in [5.41, 5.74) is 1.79. The summed E-state index contributed by atoms with van der Waals surface area (Å²) in [7, 11) is 0. The number of nitrogens with zero attached hydrogens (tertiary/aromatic N) is 3. The molecule has 2 fully saturated rings. The van der Waals surface area contributed by atoms with Gasteiger partial charge in [-0.3, -0.25) is 15.1 Å². The van der Waals surface area contributed by atoms with Crippen molar-refractivity contribution in [2.45, 2.75) is 45.1 Å². The van der Waals surface area contributed by atoms with E-state index in [1.807, 2.05) is 16.9 Å². The Morgan fingerprint density at radius 2 is 2.22 bits per heavy atom. The van der Waals surface area contributed by atoms with Crippen molar-refractivity contribution in [1.29, 1.82) is 0 Å². The molecule has 7 heteroatoms. The standard InChI is InChI=1S/C16H22N6O/c1-9-5-13(9)14-6-15(21-20-14)19-16(23)18-12-7-17-22(8-12)10(2)11-3-4-11/h6-11,13H,3-5H2,1-2H3,(H3,18,19,20,21,23)/t9-,10-,13+/m1/s1. The summed E-state index contributed by atoms with van der Waals surface area (Å²) >= 11 is 0. The highest BCUT2D eigenvalue weighted by molar-refractivity contribution is 5.98. The molecule has 0 aliphatic heterocycles. The monoisotopic (exact) mass is 314 g/mol. The minimum Gasteiger partial charge on any atom is -0.305 e. The molecule has 2 aromatic heterocycles. The van der Waals surface area contributed by atoms with E-state index in [0.717, 1.165) is 11.6 Å². The average Bonchev–Trinajstić information content (AvgIpc) is 3.40. The van der Waals surface area contributed by atoms with Gasteiger partial charge in [0, 0.05) is 23.9 Å². The molecule has 3 N–H and O–H groups in total. The van der Waals surface area contributed by atoms with E-state index in [1.54, 1.807) is 6.20 Å². The SMILES string of the molecule is C[C@@H]1C[C@@H]1c1cc(NC(=O)Nc2cnn([C@H](C)C3CC3)c2)n[nH]1. The number of aromatic amines is 1. The van der Waals surface area contributed by atoms with Crippen molar-refractivity contribution < 1.29 is 4.79 Å². The van der Waals surface area contributed by atoms with Crippen molar-refractivity contribution in [2.75, 3.05) is 10.6 Å². The summed E-state index contributed by atoms with van der Waals surface area (Å²) < 4.78 is 1.93. The summed E-state index contributed by atoms with van der Waals surface area (Å²) in [4.78, 5) is 12.1. The van der Waals surface area contributed by atoms with Crippen molar-refractivity contribution in [3.8, 4) is 0 Å². The third-order valence-electron chi connectivity index (χ3n) is 4.93. The quantitative estimate of drug-likeness (QED) is 0.791. The average molecular weight is 314 g/mol. The highest BCUT2D eigenvalue weighted by Crippen LogP contribution is 2.46. The maximum Gasteiger partial charge on any atom is 0.324 e. The van der Waals surface area contributed by atoms with Gasteiger partial charge < -0.3 is 5.32 Å². The maximum absolute atomic E-state index is 12.1. The van der Waals surface area contributed by atoms with E-state index in [9.17, 15) is 4.79 Å². The fourth-order valence-electron chi connectivity index (χ4n) is 3.04. The summed E-state index contributed by atoms with van der Waals surface area (Å²) in [6.45, 7) is 4.38. The molecule has 3 atom stereocenters. The zero-order chi connectivity index (χ0) is 16.0. The van der Waals surface area contributed by atoms with E-state index in [4.69, 9.17) is 0 Å². The molecule has 0 aromatic carbocycles. The molecule has 0 saturated heterocycles. The van der Waals surface area contributed by atoms with Gasteiger partial charge in [-0.05, 0) is 38.0 Å². The van der Waals surface area contributed by atoms with Gasteiger partial charge in [0.1, 0.15) is 0 Å². The number of H-pyrrole nitrogens is 1. The van der Waals surface area contributed by atoms with Gasteiger partial charge in [-0.15, -0.1) is 0 Å². The smallest absolute Gasteiger partial charge is 0.305 e. The molecule has 2 aliphatic rings. The first-order chi connectivity index (χ1) is 11.1. The molecule has 2 saturated carbocycles. The van der Waals surface area contributed by atoms with Crippen molar-refractivity contribution in [1.82, 2.24) is 20.0 Å². The van der Waals surface area contributed by atoms with Gasteiger partial charge in [0.25, 0.3) is 0 Å². The lowest BCUT2D eigenvalue weighted by Crippen LogP contribution is -2.19. The van der Waals surface area contributed by atoms with Crippen LogP contribution in [0.1, 0.15) is 50.8 Å². The fourth-order valence-corrected chi connectivity index (χ4v) is 3.04. The van der Waals surface area contributed by atoms with Gasteiger partial charge >= 0.3 is 6.03 Å². The van der Waals surface area contributed by atoms with Crippen molar-refractivity contribution in [3.63, 3.8) is 0 Å². The molecule has 2 aromatic rings. The Bertz CT molecular complexity index is 716. The van der Waals surface area contributed by atoms with Crippen LogP contribution in [0.2, 0.25) is 0 Å². The van der Waals surface area contributed by atoms with Gasteiger partial charge in [0.15, 0.2) is 5.82 Å². The Balaban J connectivity index is 1.33. The molecule has 7 nitrogen and oxygen atoms in total. The number of hydrogen-bond donors (Lipinski definition) is 3. The van der Waals surface area contributed by atoms with E-state index in [0.29, 0.717) is 29.4 Å². The number of nitrogens with one attached hydrogen (secondary N) is 3. The summed E-state index contributed by atoms with van der Waals surface area (Å²) in [6, 6.07) is 2.00. The van der Waals surface area contributed by atoms with E-state index < -0.39 is 0 Å². The number of carbonyl (C=O) groups is 1. The molecule has 0 unspecified atom stereocenters. The van der Waals surface area contributed by atoms with Gasteiger partial charge in [0.05, 0.1) is 17.9 Å². The number of rotatable bonds is 5. The van der Waals surface area contributed by atoms with Gasteiger partial charge in [-0.2, -0.15) is 10.2 Å². The Hall–Kier alpha value is -2.31. The number of anilines is 2. The minimum atomic E-state index is -0.300. The van der Waals surface area contributed by atoms with E-state index in [2.05, 4.69) is 39.8 Å². The van der Waals surface area contributed by atoms with Gasteiger partial charge in [-0.1, -0.05) is 6.92 Å². The largest absolute Gasteiger partial charge is 0.324 e. The second kappa shape index (κ2) is 5.40. The third kappa shape index (κ3) is 3.09. The topological polar surface area (TPSA) is 87.6 Å². The predicted octanol–water partition coefficient (Wildman–Crippen LogP) is 3.34. The third-order valence-corrected chi connectivity index (χ3v) is 4.93. The summed E-state index contributed by atoms with van der Waals surface area (Å²) in [5, 5.41) is 17.0. The number of carbonyl (C=O) groups excluding carboxylic acids is 1. The molecule has 122 valence electrons. The van der Waals surface area contributed by atoms with Crippen LogP contribution in [0, 0.1) is 11.8 Å². The normalized spacial score (nSPS) is 24.3. The molecular formula is C16H22N6O. The lowest BCUT2D eigenvalue weighted by molar-refractivity contribution is 0.262. The Morgan fingerprint density at radius 3 is 2.91 bits per heavy atom. The molecule has 2 amide bonds. The fraction of sp³-hybridized carbons (Fsp3) is 0.562. The molecule has 2 heterocycles. The van der Waals surface area contributed by atoms with Crippen molar-refractivity contribution in [3.05, 3.63) is 24.2 Å². The molecule has 23 heavy (non-hydrogen) atoms. The number of amides is 2. The molecule has 4 rings (SSSR count). The first kappa shape index (κ1) is 14.3. The van der Waals surface area contributed by atoms with Gasteiger partial charge in [-0.25, -0.2) is 4.79 Å². The lowest BCUT2D eigenvalue weighted by Gasteiger charge is -2.09. The molecule has 2 aliphatic carbocycles. The predicted molar refractivity (Wildman–Crippen MR) is 87.4 cm³/mol. The number of hydrogen-bond acceptors (Lipinski definition) is 3. The number of aromatic nitrogens is 4. The summed E-state index contributed by atoms with van der Waals surface area (Å²) in [5.74, 6) is 2.54. The Morgan fingerprint density at radius 1 is 1.43 bits per heavy atom. The first-order valence-electron chi connectivity index (χ1n) is 8.27. The second-order valence-corrected chi connectivity index (χ2v) is 6.89. The molecule has 0 spiro atoms. The minimum absolute atomic E-state index is 0.300. The highest BCUT2D eigenvalue weighted by atomic mass is 16.2. The Kier molecular flexibility index (Phi) is 3.36. The number of urea groups is 1. The van der Waals surface area contributed by atoms with Crippen LogP contribution in [0.4, 0.5) is 16.3 Å². The van der Waals surface area contributed by atoms with Crippen LogP contribution in [-0.2, 0) is 0 Å². The maximum atomic E-state index is 12.1. The van der Waals surface area contributed by atoms with Crippen LogP contribution in [0.25, 0.3) is 0 Å². The van der Waals surface area contributed by atoms with Gasteiger partial charge in [0.2, 0.25) is 0 Å². The first-order valence-corrected chi connectivity index (χ1v) is 8.27. The molecule has 0 radical (unpaired) electrons. The molecule has 0 bridgehead atoms. The van der Waals surface area contributed by atoms with Crippen LogP contribution in [-0.4, -0.2) is 26.0 Å². The van der Waals surface area contributed by atoms with E-state index in [-0.39, 0.29) is 6.03 Å². The zero-order valence-corrected chi connectivity index (χ0v) is 13.4. The second-order valence-electron chi connectivity index (χ2n) is 6.89. The van der Waals surface area contributed by atoms with Crippen molar-refractivity contribution in [2.24, 2.45) is 11.8 Å². The lowest BCUT2D eigenvalue weighted by atomic mass is 10.2. The van der Waals surface area contributed by atoms with E-state index in [1.165, 1.54) is 19.3 Å². The highest BCUT2D eigenvalue weighted by Gasteiger charge is 2.35. The van der Waals surface area contributed by atoms with E-state index >= 15 is 0 Å². The van der Waals surface area contributed by atoms with Crippen LogP contribution >= 0.6 is 0 Å². The van der Waals surface area contributed by atoms with Crippen LogP contribution in [0.5, 0.6) is 0 Å². The molecular weight excluding hydrogens is 292 g/mol. The van der Waals surface area contributed by atoms with Crippen LogP contribution in [0.15, 0.2) is 18.5 Å².